The number of benzene rings is 1. The van der Waals surface area contributed by atoms with Crippen molar-refractivity contribution in [3.8, 4) is 11.5 Å². The van der Waals surface area contributed by atoms with E-state index in [0.29, 0.717) is 42.7 Å². The summed E-state index contributed by atoms with van der Waals surface area (Å²) in [6.07, 6.45) is -3.28. The summed E-state index contributed by atoms with van der Waals surface area (Å²) in [4.78, 5) is 12.7. The topological polar surface area (TPSA) is 59.0 Å². The van der Waals surface area contributed by atoms with E-state index in [4.69, 9.17) is 9.47 Å². The van der Waals surface area contributed by atoms with E-state index < -0.39 is 23.6 Å². The first-order chi connectivity index (χ1) is 11.8. The molecule has 5 nitrogen and oxygen atoms in total. The Hall–Kier alpha value is -1.96. The van der Waals surface area contributed by atoms with Crippen LogP contribution in [0.5, 0.6) is 11.5 Å². The normalized spacial score (nSPS) is 28.2. The quantitative estimate of drug-likeness (QED) is 0.775. The third-order valence-corrected chi connectivity index (χ3v) is 5.47. The van der Waals surface area contributed by atoms with Crippen LogP contribution in [0.4, 0.5) is 13.2 Å². The lowest BCUT2D eigenvalue weighted by Gasteiger charge is -2.47. The lowest BCUT2D eigenvalue weighted by Crippen LogP contribution is -2.53. The molecule has 2 heterocycles. The predicted molar refractivity (Wildman–Crippen MR) is 80.2 cm³/mol. The maximum Gasteiger partial charge on any atom is 0.471 e. The van der Waals surface area contributed by atoms with Gasteiger partial charge in [-0.25, -0.2) is 0 Å². The molecule has 25 heavy (non-hydrogen) atoms. The Morgan fingerprint density at radius 3 is 2.48 bits per heavy atom. The van der Waals surface area contributed by atoms with E-state index in [1.54, 1.807) is 6.07 Å². The molecule has 1 spiro atoms. The van der Waals surface area contributed by atoms with Gasteiger partial charge in [-0.1, -0.05) is 0 Å². The van der Waals surface area contributed by atoms with E-state index in [0.717, 1.165) is 10.5 Å². The molecule has 136 valence electrons. The Labute approximate surface area is 142 Å². The van der Waals surface area contributed by atoms with Gasteiger partial charge in [0, 0.05) is 18.5 Å². The number of aliphatic hydroxyl groups excluding tert-OH is 1. The number of hydrogen-bond acceptors (Lipinski definition) is 4. The number of carbonyl (C=O) groups is 1. The molecule has 0 radical (unpaired) electrons. The minimum atomic E-state index is -4.90. The second-order valence-electron chi connectivity index (χ2n) is 7.03. The van der Waals surface area contributed by atoms with Crippen LogP contribution in [0.25, 0.3) is 0 Å². The lowest BCUT2D eigenvalue weighted by atomic mass is 9.65. The van der Waals surface area contributed by atoms with Gasteiger partial charge in [0.2, 0.25) is 6.79 Å². The number of alkyl halides is 3. The molecule has 8 heteroatoms. The van der Waals surface area contributed by atoms with Crippen molar-refractivity contribution in [1.29, 1.82) is 0 Å². The number of nitrogens with zero attached hydrogens (tertiary/aromatic N) is 1. The van der Waals surface area contributed by atoms with Gasteiger partial charge in [0.1, 0.15) is 0 Å². The Balaban J connectivity index is 1.77. The number of rotatable bonds is 0. The summed E-state index contributed by atoms with van der Waals surface area (Å²) in [6.45, 7) is -0.0194. The van der Waals surface area contributed by atoms with E-state index >= 15 is 0 Å². The third-order valence-electron chi connectivity index (χ3n) is 5.47. The Morgan fingerprint density at radius 2 is 1.84 bits per heavy atom. The Bertz CT molecular complexity index is 711. The maximum absolute atomic E-state index is 13.0. The Kier molecular flexibility index (Phi) is 3.64. The number of ether oxygens (including phenoxy) is 2. The van der Waals surface area contributed by atoms with Crippen LogP contribution in [-0.4, -0.2) is 41.5 Å². The van der Waals surface area contributed by atoms with Crippen molar-refractivity contribution < 1.29 is 32.5 Å². The van der Waals surface area contributed by atoms with Gasteiger partial charge in [-0.3, -0.25) is 4.79 Å². The number of fused-ring (bicyclic) bond motifs is 3. The zero-order valence-electron chi connectivity index (χ0n) is 13.4. The number of aliphatic hydroxyl groups is 1. The second-order valence-corrected chi connectivity index (χ2v) is 7.03. The molecule has 0 saturated heterocycles. The molecule has 1 saturated carbocycles. The smallest absolute Gasteiger partial charge is 0.454 e. The molecule has 1 fully saturated rings. The summed E-state index contributed by atoms with van der Waals surface area (Å²) in [6, 6.07) is 3.52. The molecule has 0 bridgehead atoms. The van der Waals surface area contributed by atoms with E-state index in [-0.39, 0.29) is 19.9 Å². The monoisotopic (exact) mass is 357 g/mol. The largest absolute Gasteiger partial charge is 0.471 e. The van der Waals surface area contributed by atoms with Gasteiger partial charge in [0.05, 0.1) is 6.10 Å². The standard InChI is InChI=1S/C17H18F3NO4/c18-17(19,20)15(23)21-7-10-5-13-14(25-9-24-13)6-12(10)16(8-21)3-1-11(22)2-4-16/h5-6,11,22H,1-4,7-9H2. The van der Waals surface area contributed by atoms with Gasteiger partial charge < -0.3 is 19.5 Å². The van der Waals surface area contributed by atoms with Crippen LogP contribution < -0.4 is 9.47 Å². The fourth-order valence-corrected chi connectivity index (χ4v) is 4.23. The molecule has 3 aliphatic rings. The van der Waals surface area contributed by atoms with E-state index in [1.165, 1.54) is 0 Å². The first kappa shape index (κ1) is 16.5. The number of carbonyl (C=O) groups excluding carboxylic acids is 1. The fraction of sp³-hybridized carbons (Fsp3) is 0.588. The highest BCUT2D eigenvalue weighted by Gasteiger charge is 2.49. The molecule has 1 aromatic rings. The molecule has 2 aliphatic heterocycles. The van der Waals surface area contributed by atoms with Crippen LogP contribution in [0, 0.1) is 0 Å². The van der Waals surface area contributed by atoms with Crippen molar-refractivity contribution in [2.45, 2.75) is 49.9 Å². The first-order valence-corrected chi connectivity index (χ1v) is 8.26. The SMILES string of the molecule is O=C(N1Cc2cc3c(cc2C2(CCC(O)CC2)C1)OCO3)C(F)(F)F. The van der Waals surface area contributed by atoms with Crippen LogP contribution in [0.15, 0.2) is 12.1 Å². The number of hydrogen-bond donors (Lipinski definition) is 1. The zero-order valence-corrected chi connectivity index (χ0v) is 13.4. The predicted octanol–water partition coefficient (Wildman–Crippen LogP) is 2.49. The summed E-state index contributed by atoms with van der Waals surface area (Å²) < 4.78 is 49.7. The average molecular weight is 357 g/mol. The molecule has 0 aromatic heterocycles. The molecule has 1 amide bonds. The highest BCUT2D eigenvalue weighted by atomic mass is 19.4. The Morgan fingerprint density at radius 1 is 1.20 bits per heavy atom. The highest BCUT2D eigenvalue weighted by molar-refractivity contribution is 5.82. The second kappa shape index (κ2) is 5.52. The highest BCUT2D eigenvalue weighted by Crippen LogP contribution is 2.48. The van der Waals surface area contributed by atoms with Gasteiger partial charge in [0.25, 0.3) is 0 Å². The zero-order chi connectivity index (χ0) is 17.8. The van der Waals surface area contributed by atoms with Gasteiger partial charge in [-0.05, 0) is 48.9 Å². The minimum Gasteiger partial charge on any atom is -0.454 e. The van der Waals surface area contributed by atoms with Crippen LogP contribution in [0.1, 0.15) is 36.8 Å². The van der Waals surface area contributed by atoms with Gasteiger partial charge >= 0.3 is 12.1 Å². The summed E-state index contributed by atoms with van der Waals surface area (Å²) in [5, 5.41) is 9.83. The van der Waals surface area contributed by atoms with Crippen LogP contribution in [-0.2, 0) is 16.8 Å². The van der Waals surface area contributed by atoms with Crippen LogP contribution in [0.3, 0.4) is 0 Å². The number of halogens is 3. The maximum atomic E-state index is 13.0. The van der Waals surface area contributed by atoms with Crippen molar-refractivity contribution in [2.24, 2.45) is 0 Å². The fourth-order valence-electron chi connectivity index (χ4n) is 4.23. The first-order valence-electron chi connectivity index (χ1n) is 8.26. The van der Waals surface area contributed by atoms with E-state index in [9.17, 15) is 23.1 Å². The van der Waals surface area contributed by atoms with Gasteiger partial charge in [-0.15, -0.1) is 0 Å². The van der Waals surface area contributed by atoms with Crippen molar-refractivity contribution in [3.63, 3.8) is 0 Å². The minimum absolute atomic E-state index is 0.00467. The summed E-state index contributed by atoms with van der Waals surface area (Å²) in [7, 11) is 0. The van der Waals surface area contributed by atoms with Crippen molar-refractivity contribution in [1.82, 2.24) is 4.90 Å². The molecule has 0 atom stereocenters. The lowest BCUT2D eigenvalue weighted by molar-refractivity contribution is -0.187. The van der Waals surface area contributed by atoms with E-state index in [1.807, 2.05) is 6.07 Å². The van der Waals surface area contributed by atoms with Crippen LogP contribution >= 0.6 is 0 Å². The molecular weight excluding hydrogens is 339 g/mol. The molecule has 0 unspecified atom stereocenters. The number of amides is 1. The van der Waals surface area contributed by atoms with Gasteiger partial charge in [0.15, 0.2) is 11.5 Å². The summed E-state index contributed by atoms with van der Waals surface area (Å²) in [5.74, 6) is -0.743. The van der Waals surface area contributed by atoms with Crippen LogP contribution in [0.2, 0.25) is 0 Å². The van der Waals surface area contributed by atoms with Crippen molar-refractivity contribution in [2.75, 3.05) is 13.3 Å². The molecule has 1 N–H and O–H groups in total. The van der Waals surface area contributed by atoms with Crippen molar-refractivity contribution >= 4 is 5.91 Å². The molecule has 1 aliphatic carbocycles. The van der Waals surface area contributed by atoms with Gasteiger partial charge in [-0.2, -0.15) is 13.2 Å². The summed E-state index contributed by atoms with van der Waals surface area (Å²) in [5.41, 5.74) is 0.980. The molecule has 4 rings (SSSR count). The molecular formula is C17H18F3NO4. The third kappa shape index (κ3) is 2.72. The van der Waals surface area contributed by atoms with E-state index in [2.05, 4.69) is 0 Å². The molecule has 1 aromatic carbocycles. The summed E-state index contributed by atoms with van der Waals surface area (Å²) >= 11 is 0. The van der Waals surface area contributed by atoms with Crippen molar-refractivity contribution in [3.05, 3.63) is 23.3 Å². The average Bonchev–Trinajstić information content (AvgIpc) is 3.01.